The number of hydrogen-bond acceptors (Lipinski definition) is 4. The lowest BCUT2D eigenvalue weighted by atomic mass is 9.49. The van der Waals surface area contributed by atoms with Crippen LogP contribution in [0.1, 0.15) is 44.9 Å². The Kier molecular flexibility index (Phi) is 5.63. The number of anilines is 1. The number of amides is 1. The molecule has 0 heterocycles. The molecule has 1 N–H and O–H groups in total. The van der Waals surface area contributed by atoms with Gasteiger partial charge in [0.2, 0.25) is 0 Å². The number of thioether (sulfide) groups is 1. The number of carbonyl (C=O) groups is 2. The van der Waals surface area contributed by atoms with Crippen LogP contribution in [-0.4, -0.2) is 24.2 Å². The maximum absolute atomic E-state index is 12.4. The summed E-state index contributed by atoms with van der Waals surface area (Å²) in [6.45, 7) is -0.321. The maximum Gasteiger partial charge on any atom is 0.306 e. The van der Waals surface area contributed by atoms with Gasteiger partial charge in [0.1, 0.15) is 0 Å². The van der Waals surface area contributed by atoms with Crippen LogP contribution < -0.4 is 5.32 Å². The van der Waals surface area contributed by atoms with Gasteiger partial charge < -0.3 is 10.1 Å². The average Bonchev–Trinajstić information content (AvgIpc) is 2.60. The van der Waals surface area contributed by atoms with E-state index in [-0.39, 0.29) is 18.0 Å². The van der Waals surface area contributed by atoms with Crippen LogP contribution in [0.15, 0.2) is 29.2 Å². The molecule has 0 unspecified atom stereocenters. The topological polar surface area (TPSA) is 55.4 Å². The van der Waals surface area contributed by atoms with Crippen LogP contribution in [0.5, 0.6) is 0 Å². The van der Waals surface area contributed by atoms with E-state index < -0.39 is 11.7 Å². The first-order valence-corrected chi connectivity index (χ1v) is 10.8. The van der Waals surface area contributed by atoms with Crippen LogP contribution in [0.3, 0.4) is 0 Å². The molecule has 0 saturated heterocycles. The quantitative estimate of drug-likeness (QED) is 0.503. The summed E-state index contributed by atoms with van der Waals surface area (Å²) in [6, 6.07) is 6.15. The molecule has 4 aliphatic rings. The molecule has 0 aromatic heterocycles. The lowest BCUT2D eigenvalue weighted by Crippen LogP contribution is -2.47. The molecule has 4 bridgehead atoms. The van der Waals surface area contributed by atoms with Gasteiger partial charge in [-0.25, -0.2) is 0 Å². The molecule has 0 radical (unpaired) electrons. The van der Waals surface area contributed by atoms with E-state index in [2.05, 4.69) is 5.32 Å². The molecule has 4 aliphatic carbocycles. The summed E-state index contributed by atoms with van der Waals surface area (Å²) >= 11 is 0.451. The lowest BCUT2D eigenvalue weighted by Gasteiger charge is -2.56. The largest absolute Gasteiger partial charge is 0.456 e. The molecule has 1 aromatic carbocycles. The van der Waals surface area contributed by atoms with Crippen LogP contribution in [-0.2, 0) is 14.3 Å². The zero-order chi connectivity index (χ0) is 19.7. The summed E-state index contributed by atoms with van der Waals surface area (Å²) in [4.78, 5) is 24.8. The third-order valence-corrected chi connectivity index (χ3v) is 7.13. The van der Waals surface area contributed by atoms with Gasteiger partial charge >= 0.3 is 5.97 Å². The lowest BCUT2D eigenvalue weighted by molar-refractivity contribution is -0.154. The molecule has 7 heteroatoms. The van der Waals surface area contributed by atoms with E-state index in [9.17, 15) is 18.4 Å². The predicted molar refractivity (Wildman–Crippen MR) is 103 cm³/mol. The van der Waals surface area contributed by atoms with Gasteiger partial charge in [-0.05, 0) is 86.0 Å². The highest BCUT2D eigenvalue weighted by atomic mass is 32.2. The van der Waals surface area contributed by atoms with Crippen LogP contribution in [0.25, 0.3) is 0 Å². The molecule has 1 aromatic rings. The Bertz CT molecular complexity index is 702. The summed E-state index contributed by atoms with van der Waals surface area (Å²) in [5.41, 5.74) is 0.585. The van der Waals surface area contributed by atoms with E-state index in [1.54, 1.807) is 12.1 Å². The van der Waals surface area contributed by atoms with Crippen molar-refractivity contribution >= 4 is 29.3 Å². The van der Waals surface area contributed by atoms with Gasteiger partial charge in [0, 0.05) is 10.6 Å². The van der Waals surface area contributed by atoms with Gasteiger partial charge in [-0.3, -0.25) is 9.59 Å². The molecule has 4 fully saturated rings. The fourth-order valence-corrected chi connectivity index (χ4v) is 6.43. The van der Waals surface area contributed by atoms with E-state index in [1.807, 2.05) is 0 Å². The summed E-state index contributed by atoms with van der Waals surface area (Å²) in [6.07, 6.45) is 7.78. The zero-order valence-electron chi connectivity index (χ0n) is 15.7. The maximum atomic E-state index is 12.4. The molecule has 4 nitrogen and oxygen atoms in total. The highest BCUT2D eigenvalue weighted by Crippen LogP contribution is 2.61. The van der Waals surface area contributed by atoms with E-state index >= 15 is 0 Å². The van der Waals surface area contributed by atoms with E-state index in [0.717, 1.165) is 37.0 Å². The number of carbonyl (C=O) groups excluding carboxylic acids is 2. The number of esters is 1. The van der Waals surface area contributed by atoms with Crippen LogP contribution in [0, 0.1) is 23.2 Å². The molecular formula is C21H25F2NO3S. The number of ether oxygens (including phenoxy) is 1. The summed E-state index contributed by atoms with van der Waals surface area (Å²) in [7, 11) is 0. The molecule has 0 spiro atoms. The zero-order valence-corrected chi connectivity index (χ0v) is 16.5. The van der Waals surface area contributed by atoms with Crippen molar-refractivity contribution in [3.63, 3.8) is 0 Å². The molecule has 28 heavy (non-hydrogen) atoms. The number of rotatable bonds is 7. The van der Waals surface area contributed by atoms with Crippen molar-refractivity contribution in [3.8, 4) is 0 Å². The molecule has 4 saturated carbocycles. The smallest absolute Gasteiger partial charge is 0.306 e. The first-order chi connectivity index (χ1) is 13.4. The Labute approximate surface area is 167 Å². The van der Waals surface area contributed by atoms with Crippen molar-refractivity contribution in [2.45, 2.75) is 55.6 Å². The van der Waals surface area contributed by atoms with Crippen LogP contribution in [0.2, 0.25) is 0 Å². The second kappa shape index (κ2) is 8.01. The Hall–Kier alpha value is -1.63. The Morgan fingerprint density at radius 1 is 1.07 bits per heavy atom. The first kappa shape index (κ1) is 19.7. The fourth-order valence-electron chi connectivity index (χ4n) is 5.93. The van der Waals surface area contributed by atoms with Gasteiger partial charge in [0.15, 0.2) is 6.61 Å². The van der Waals surface area contributed by atoms with Crippen molar-refractivity contribution in [3.05, 3.63) is 24.3 Å². The number of benzene rings is 1. The number of nitrogens with one attached hydrogen (secondary N) is 1. The Morgan fingerprint density at radius 2 is 1.64 bits per heavy atom. The van der Waals surface area contributed by atoms with Gasteiger partial charge in [-0.1, -0.05) is 11.8 Å². The van der Waals surface area contributed by atoms with Crippen molar-refractivity contribution in [2.24, 2.45) is 23.2 Å². The fraction of sp³-hybridized carbons (Fsp3) is 0.619. The number of alkyl halides is 2. The van der Waals surface area contributed by atoms with Crippen LogP contribution >= 0.6 is 11.8 Å². The standard InChI is InChI=1S/C21H25F2NO3S/c22-20(23)28-17-3-1-16(2-4-17)24-18(25)12-27-19(26)11-21-8-13-5-14(9-21)7-15(6-13)10-21/h1-4,13-15,20H,5-12H2,(H,24,25). The number of halogens is 2. The van der Waals surface area contributed by atoms with Gasteiger partial charge in [-0.2, -0.15) is 8.78 Å². The second-order valence-corrected chi connectivity index (χ2v) is 9.77. The molecular weight excluding hydrogens is 384 g/mol. The minimum Gasteiger partial charge on any atom is -0.456 e. The van der Waals surface area contributed by atoms with Gasteiger partial charge in [-0.15, -0.1) is 0 Å². The summed E-state index contributed by atoms with van der Waals surface area (Å²) in [5, 5.41) is 2.62. The number of hydrogen-bond donors (Lipinski definition) is 1. The minimum absolute atomic E-state index is 0.0977. The van der Waals surface area contributed by atoms with Crippen molar-refractivity contribution in [1.29, 1.82) is 0 Å². The predicted octanol–water partition coefficient (Wildman–Crippen LogP) is 5.09. The van der Waals surface area contributed by atoms with Gasteiger partial charge in [0.05, 0.1) is 6.42 Å². The monoisotopic (exact) mass is 409 g/mol. The van der Waals surface area contributed by atoms with E-state index in [4.69, 9.17) is 4.74 Å². The minimum atomic E-state index is -2.48. The molecule has 152 valence electrons. The molecule has 0 atom stereocenters. The van der Waals surface area contributed by atoms with E-state index in [0.29, 0.717) is 28.8 Å². The molecule has 1 amide bonds. The average molecular weight is 409 g/mol. The van der Waals surface area contributed by atoms with Crippen molar-refractivity contribution in [1.82, 2.24) is 0 Å². The summed E-state index contributed by atoms with van der Waals surface area (Å²) < 4.78 is 29.9. The molecule has 0 aliphatic heterocycles. The van der Waals surface area contributed by atoms with Crippen molar-refractivity contribution in [2.75, 3.05) is 11.9 Å². The first-order valence-electron chi connectivity index (χ1n) is 9.89. The van der Waals surface area contributed by atoms with Crippen LogP contribution in [0.4, 0.5) is 14.5 Å². The highest BCUT2D eigenvalue weighted by molar-refractivity contribution is 7.99. The molecule has 5 rings (SSSR count). The second-order valence-electron chi connectivity index (χ2n) is 8.71. The van der Waals surface area contributed by atoms with Gasteiger partial charge in [0.25, 0.3) is 11.7 Å². The highest BCUT2D eigenvalue weighted by Gasteiger charge is 2.51. The Balaban J connectivity index is 1.23. The van der Waals surface area contributed by atoms with Crippen molar-refractivity contribution < 1.29 is 23.1 Å². The third kappa shape index (κ3) is 4.67. The SMILES string of the molecule is O=C(COC(=O)CC12CC3CC(CC(C3)C1)C2)Nc1ccc(SC(F)F)cc1. The Morgan fingerprint density at radius 3 is 2.18 bits per heavy atom. The third-order valence-electron chi connectivity index (χ3n) is 6.41. The van der Waals surface area contributed by atoms with E-state index in [1.165, 1.54) is 31.4 Å². The normalized spacial score (nSPS) is 30.5. The summed E-state index contributed by atoms with van der Waals surface area (Å²) in [5.74, 6) is -0.876.